The SMILES string of the molecule is CN(CC1CCCN1)c1cccnn1. The fraction of sp³-hybridized carbons (Fsp3) is 0.600. The summed E-state index contributed by atoms with van der Waals surface area (Å²) in [5, 5.41) is 11.4. The highest BCUT2D eigenvalue weighted by Crippen LogP contribution is 2.10. The third kappa shape index (κ3) is 2.20. The zero-order valence-corrected chi connectivity index (χ0v) is 8.48. The van der Waals surface area contributed by atoms with E-state index in [0.717, 1.165) is 18.9 Å². The maximum atomic E-state index is 4.07. The van der Waals surface area contributed by atoms with Crippen LogP contribution in [0, 0.1) is 0 Å². The van der Waals surface area contributed by atoms with Crippen molar-refractivity contribution in [3.05, 3.63) is 18.3 Å². The fourth-order valence-electron chi connectivity index (χ4n) is 1.83. The molecule has 1 fully saturated rings. The van der Waals surface area contributed by atoms with Crippen LogP contribution in [0.1, 0.15) is 12.8 Å². The Morgan fingerprint density at radius 1 is 1.64 bits per heavy atom. The molecule has 2 heterocycles. The fourth-order valence-corrected chi connectivity index (χ4v) is 1.83. The van der Waals surface area contributed by atoms with Crippen molar-refractivity contribution < 1.29 is 0 Å². The molecule has 1 unspecified atom stereocenters. The van der Waals surface area contributed by atoms with Gasteiger partial charge >= 0.3 is 0 Å². The molecule has 14 heavy (non-hydrogen) atoms. The number of anilines is 1. The van der Waals surface area contributed by atoms with Gasteiger partial charge in [-0.05, 0) is 31.5 Å². The number of rotatable bonds is 3. The highest BCUT2D eigenvalue weighted by Gasteiger charge is 2.16. The lowest BCUT2D eigenvalue weighted by Crippen LogP contribution is -2.35. The molecule has 0 bridgehead atoms. The van der Waals surface area contributed by atoms with Crippen LogP contribution in [-0.4, -0.2) is 36.4 Å². The molecule has 1 aromatic heterocycles. The van der Waals surface area contributed by atoms with Gasteiger partial charge in [0, 0.05) is 25.8 Å². The van der Waals surface area contributed by atoms with Gasteiger partial charge in [-0.3, -0.25) is 0 Å². The van der Waals surface area contributed by atoms with E-state index in [4.69, 9.17) is 0 Å². The van der Waals surface area contributed by atoms with Gasteiger partial charge in [0.15, 0.2) is 5.82 Å². The van der Waals surface area contributed by atoms with Crippen LogP contribution in [0.2, 0.25) is 0 Å². The van der Waals surface area contributed by atoms with Crippen LogP contribution in [0.4, 0.5) is 5.82 Å². The Hall–Kier alpha value is -1.16. The summed E-state index contributed by atoms with van der Waals surface area (Å²) in [6.07, 6.45) is 4.26. The van der Waals surface area contributed by atoms with Gasteiger partial charge in [-0.1, -0.05) is 0 Å². The summed E-state index contributed by atoms with van der Waals surface area (Å²) in [5.74, 6) is 0.946. The Labute approximate surface area is 84.3 Å². The van der Waals surface area contributed by atoms with Crippen molar-refractivity contribution in [2.45, 2.75) is 18.9 Å². The summed E-state index contributed by atoms with van der Waals surface area (Å²) in [6.45, 7) is 2.16. The van der Waals surface area contributed by atoms with Gasteiger partial charge in [-0.15, -0.1) is 5.10 Å². The van der Waals surface area contributed by atoms with Gasteiger partial charge in [-0.25, -0.2) is 0 Å². The minimum absolute atomic E-state index is 0.613. The van der Waals surface area contributed by atoms with Crippen LogP contribution in [0.15, 0.2) is 18.3 Å². The van der Waals surface area contributed by atoms with Crippen LogP contribution in [0.25, 0.3) is 0 Å². The van der Waals surface area contributed by atoms with Gasteiger partial charge < -0.3 is 10.2 Å². The van der Waals surface area contributed by atoms with Crippen molar-refractivity contribution >= 4 is 5.82 Å². The first-order valence-corrected chi connectivity index (χ1v) is 5.08. The van der Waals surface area contributed by atoms with Crippen molar-refractivity contribution in [1.29, 1.82) is 0 Å². The van der Waals surface area contributed by atoms with E-state index in [1.165, 1.54) is 12.8 Å². The van der Waals surface area contributed by atoms with Gasteiger partial charge in [0.2, 0.25) is 0 Å². The molecule has 0 aromatic carbocycles. The van der Waals surface area contributed by atoms with E-state index < -0.39 is 0 Å². The minimum Gasteiger partial charge on any atom is -0.357 e. The number of nitrogens with zero attached hydrogens (tertiary/aromatic N) is 3. The predicted molar refractivity (Wildman–Crippen MR) is 56.3 cm³/mol. The summed E-state index contributed by atoms with van der Waals surface area (Å²) in [5.41, 5.74) is 0. The zero-order chi connectivity index (χ0) is 9.80. The number of aromatic nitrogens is 2. The monoisotopic (exact) mass is 192 g/mol. The lowest BCUT2D eigenvalue weighted by molar-refractivity contribution is 0.596. The predicted octanol–water partition coefficient (Wildman–Crippen LogP) is 0.665. The van der Waals surface area contributed by atoms with Crippen molar-refractivity contribution in [2.24, 2.45) is 0 Å². The first kappa shape index (κ1) is 9.40. The summed E-state index contributed by atoms with van der Waals surface area (Å²) in [7, 11) is 2.06. The normalized spacial score (nSPS) is 21.1. The summed E-state index contributed by atoms with van der Waals surface area (Å²) < 4.78 is 0. The molecule has 1 saturated heterocycles. The molecular weight excluding hydrogens is 176 g/mol. The molecule has 4 heteroatoms. The summed E-state index contributed by atoms with van der Waals surface area (Å²) >= 11 is 0. The average Bonchev–Trinajstić information content (AvgIpc) is 2.72. The Bertz CT molecular complexity index is 269. The van der Waals surface area contributed by atoms with Crippen LogP contribution >= 0.6 is 0 Å². The quantitative estimate of drug-likeness (QED) is 0.764. The van der Waals surface area contributed by atoms with E-state index in [9.17, 15) is 0 Å². The van der Waals surface area contributed by atoms with Gasteiger partial charge in [0.1, 0.15) is 0 Å². The molecule has 1 atom stereocenters. The smallest absolute Gasteiger partial charge is 0.151 e. The molecular formula is C10H16N4. The molecule has 0 saturated carbocycles. The van der Waals surface area contributed by atoms with E-state index in [1.54, 1.807) is 6.20 Å². The van der Waals surface area contributed by atoms with Crippen LogP contribution in [0.5, 0.6) is 0 Å². The lowest BCUT2D eigenvalue weighted by atomic mass is 10.2. The van der Waals surface area contributed by atoms with E-state index in [2.05, 4.69) is 27.5 Å². The third-order valence-electron chi connectivity index (χ3n) is 2.61. The van der Waals surface area contributed by atoms with Gasteiger partial charge in [0.05, 0.1) is 0 Å². The van der Waals surface area contributed by atoms with E-state index >= 15 is 0 Å². The maximum absolute atomic E-state index is 4.07. The molecule has 1 N–H and O–H groups in total. The first-order chi connectivity index (χ1) is 6.86. The Morgan fingerprint density at radius 3 is 3.21 bits per heavy atom. The molecule has 0 amide bonds. The lowest BCUT2D eigenvalue weighted by Gasteiger charge is -2.21. The highest BCUT2D eigenvalue weighted by atomic mass is 15.2. The standard InChI is InChI=1S/C10H16N4/c1-14(8-9-4-2-6-11-9)10-5-3-7-12-13-10/h3,5,7,9,11H,2,4,6,8H2,1H3. The second-order valence-corrected chi connectivity index (χ2v) is 3.76. The number of likely N-dealkylation sites (N-methyl/N-ethyl adjacent to an activating group) is 1. The number of hydrogen-bond donors (Lipinski definition) is 1. The Morgan fingerprint density at radius 2 is 2.57 bits per heavy atom. The zero-order valence-electron chi connectivity index (χ0n) is 8.48. The molecule has 4 nitrogen and oxygen atoms in total. The second kappa shape index (κ2) is 4.37. The summed E-state index contributed by atoms with van der Waals surface area (Å²) in [4.78, 5) is 2.15. The molecule has 1 aliphatic rings. The van der Waals surface area contributed by atoms with E-state index in [1.807, 2.05) is 12.1 Å². The number of hydrogen-bond acceptors (Lipinski definition) is 4. The van der Waals surface area contributed by atoms with Crippen LogP contribution in [-0.2, 0) is 0 Å². The molecule has 0 spiro atoms. The largest absolute Gasteiger partial charge is 0.357 e. The Balaban J connectivity index is 1.92. The van der Waals surface area contributed by atoms with Crippen molar-refractivity contribution in [3.8, 4) is 0 Å². The van der Waals surface area contributed by atoms with Crippen molar-refractivity contribution in [2.75, 3.05) is 25.0 Å². The molecule has 76 valence electrons. The average molecular weight is 192 g/mol. The maximum Gasteiger partial charge on any atom is 0.151 e. The topological polar surface area (TPSA) is 41.0 Å². The van der Waals surface area contributed by atoms with E-state index in [0.29, 0.717) is 6.04 Å². The van der Waals surface area contributed by atoms with Crippen LogP contribution < -0.4 is 10.2 Å². The number of nitrogens with one attached hydrogen (secondary N) is 1. The Kier molecular flexibility index (Phi) is 2.93. The molecule has 1 aliphatic heterocycles. The first-order valence-electron chi connectivity index (χ1n) is 5.08. The molecule has 1 aromatic rings. The van der Waals surface area contributed by atoms with Gasteiger partial charge in [-0.2, -0.15) is 5.10 Å². The summed E-state index contributed by atoms with van der Waals surface area (Å²) in [6, 6.07) is 4.52. The van der Waals surface area contributed by atoms with Crippen molar-refractivity contribution in [1.82, 2.24) is 15.5 Å². The highest BCUT2D eigenvalue weighted by molar-refractivity contribution is 5.35. The minimum atomic E-state index is 0.613. The van der Waals surface area contributed by atoms with Gasteiger partial charge in [0.25, 0.3) is 0 Å². The van der Waals surface area contributed by atoms with Crippen LogP contribution in [0.3, 0.4) is 0 Å². The van der Waals surface area contributed by atoms with E-state index in [-0.39, 0.29) is 0 Å². The third-order valence-corrected chi connectivity index (χ3v) is 2.61. The molecule has 2 rings (SSSR count). The second-order valence-electron chi connectivity index (χ2n) is 3.76. The molecule has 0 radical (unpaired) electrons. The molecule has 0 aliphatic carbocycles. The van der Waals surface area contributed by atoms with Crippen molar-refractivity contribution in [3.63, 3.8) is 0 Å².